The molecule has 1 aliphatic rings. The molecular formula is C19H14F2IO-. The third-order valence-corrected chi connectivity index (χ3v) is 6.56. The summed E-state index contributed by atoms with van der Waals surface area (Å²) >= 11 is -0.342. The number of Topliss-reactive ketones (excluding diaryl/α,β-unsaturated/α-hetero) is 1. The number of carbonyl (C=O) groups is 1. The van der Waals surface area contributed by atoms with Crippen molar-refractivity contribution in [2.24, 2.45) is 0 Å². The average molecular weight is 423 g/mol. The second-order valence-corrected chi connectivity index (χ2v) is 8.63. The van der Waals surface area contributed by atoms with Gasteiger partial charge in [-0.1, -0.05) is 0 Å². The second-order valence-electron chi connectivity index (χ2n) is 5.16. The van der Waals surface area contributed by atoms with Crippen molar-refractivity contribution in [2.45, 2.75) is 10.3 Å². The van der Waals surface area contributed by atoms with Gasteiger partial charge in [0.25, 0.3) is 0 Å². The van der Waals surface area contributed by atoms with Gasteiger partial charge < -0.3 is 0 Å². The molecule has 0 aromatic heterocycles. The molecule has 1 atom stereocenters. The molecule has 0 amide bonds. The van der Waals surface area contributed by atoms with Gasteiger partial charge in [0.2, 0.25) is 0 Å². The molecule has 0 fully saturated rings. The molecule has 0 saturated carbocycles. The third-order valence-electron chi connectivity index (χ3n) is 3.46. The number of halogens is 3. The normalized spacial score (nSPS) is 17.1. The molecule has 23 heavy (non-hydrogen) atoms. The quantitative estimate of drug-likeness (QED) is 0.413. The van der Waals surface area contributed by atoms with E-state index in [1.54, 1.807) is 0 Å². The first-order valence-corrected chi connectivity index (χ1v) is 9.52. The molecule has 2 aromatic carbocycles. The fourth-order valence-electron chi connectivity index (χ4n) is 2.30. The molecule has 0 spiro atoms. The zero-order valence-corrected chi connectivity index (χ0v) is 14.3. The van der Waals surface area contributed by atoms with Crippen LogP contribution in [0.5, 0.6) is 0 Å². The first-order chi connectivity index (χ1) is 11.1. The number of rotatable bonds is 4. The molecule has 118 valence electrons. The van der Waals surface area contributed by atoms with Crippen molar-refractivity contribution in [1.82, 2.24) is 0 Å². The summed E-state index contributed by atoms with van der Waals surface area (Å²) in [5.41, 5.74) is 1.14. The Morgan fingerprint density at radius 3 is 2.22 bits per heavy atom. The van der Waals surface area contributed by atoms with Crippen molar-refractivity contribution in [3.8, 4) is 0 Å². The van der Waals surface area contributed by atoms with Gasteiger partial charge in [-0.3, -0.25) is 0 Å². The van der Waals surface area contributed by atoms with Crippen LogP contribution in [0.25, 0.3) is 0 Å². The molecule has 0 N–H and O–H groups in total. The van der Waals surface area contributed by atoms with Crippen LogP contribution in [0.2, 0.25) is 0 Å². The molecule has 2 aromatic rings. The third kappa shape index (κ3) is 4.13. The predicted octanol–water partition coefficient (Wildman–Crippen LogP) is 1.36. The van der Waals surface area contributed by atoms with E-state index in [9.17, 15) is 13.6 Å². The summed E-state index contributed by atoms with van der Waals surface area (Å²) in [5, 5.41) is 0. The molecule has 0 aliphatic heterocycles. The summed E-state index contributed by atoms with van der Waals surface area (Å²) in [5.74, 6) is -0.673. The van der Waals surface area contributed by atoms with Crippen LogP contribution in [0, 0.1) is 15.2 Å². The van der Waals surface area contributed by atoms with Crippen LogP contribution < -0.4 is 21.2 Å². The van der Waals surface area contributed by atoms with Crippen LogP contribution in [-0.4, -0.2) is 9.71 Å². The maximum absolute atomic E-state index is 13.0. The maximum atomic E-state index is 13.0. The number of hydrogen-bond donors (Lipinski definition) is 0. The van der Waals surface area contributed by atoms with Gasteiger partial charge in [0.1, 0.15) is 0 Å². The Hall–Kier alpha value is -1.82. The molecule has 0 heterocycles. The fourth-order valence-corrected chi connectivity index (χ4v) is 5.12. The van der Waals surface area contributed by atoms with Crippen LogP contribution in [0.3, 0.4) is 0 Å². The van der Waals surface area contributed by atoms with E-state index in [0.29, 0.717) is 15.1 Å². The Kier molecular flexibility index (Phi) is 5.00. The van der Waals surface area contributed by atoms with E-state index in [0.717, 1.165) is 9.99 Å². The van der Waals surface area contributed by atoms with Crippen LogP contribution in [0.15, 0.2) is 72.3 Å². The number of allylic oxidation sites excluding steroid dienone is 4. The summed E-state index contributed by atoms with van der Waals surface area (Å²) in [7, 11) is 0. The number of ketones is 1. The topological polar surface area (TPSA) is 17.1 Å². The van der Waals surface area contributed by atoms with Crippen molar-refractivity contribution < 1.29 is 34.8 Å². The average Bonchev–Trinajstić information content (AvgIpc) is 2.57. The van der Waals surface area contributed by atoms with Gasteiger partial charge in [-0.15, -0.1) is 0 Å². The first kappa shape index (κ1) is 16.1. The van der Waals surface area contributed by atoms with Crippen molar-refractivity contribution in [1.29, 1.82) is 0 Å². The van der Waals surface area contributed by atoms with E-state index in [2.05, 4.69) is 0 Å². The summed E-state index contributed by atoms with van der Waals surface area (Å²) in [4.78, 5) is 12.5. The Labute approximate surface area is 144 Å². The van der Waals surface area contributed by atoms with E-state index in [4.69, 9.17) is 0 Å². The molecule has 3 rings (SSSR count). The summed E-state index contributed by atoms with van der Waals surface area (Å²) < 4.78 is 27.4. The second kappa shape index (κ2) is 7.17. The summed E-state index contributed by atoms with van der Waals surface area (Å²) in [6.07, 6.45) is 6.73. The zero-order valence-electron chi connectivity index (χ0n) is 12.2. The molecule has 0 radical (unpaired) electrons. The van der Waals surface area contributed by atoms with Crippen molar-refractivity contribution >= 4 is 5.78 Å². The molecule has 0 saturated heterocycles. The van der Waals surface area contributed by atoms with Crippen molar-refractivity contribution in [3.05, 3.63) is 93.1 Å². The summed E-state index contributed by atoms with van der Waals surface area (Å²) in [6.45, 7) is 0. The molecule has 1 aliphatic carbocycles. The van der Waals surface area contributed by atoms with E-state index >= 15 is 0 Å². The molecule has 1 nitrogen and oxygen atoms in total. The SMILES string of the molecule is O=C(C1=CC([I-]c2ccc(F)cc2)CC=C1)c1ccc(F)cc1. The number of hydrogen-bond acceptors (Lipinski definition) is 1. The van der Waals surface area contributed by atoms with Crippen LogP contribution in [0.1, 0.15) is 16.8 Å². The van der Waals surface area contributed by atoms with Gasteiger partial charge in [0, 0.05) is 0 Å². The number of benzene rings is 2. The minimum atomic E-state index is -0.352. The van der Waals surface area contributed by atoms with Crippen LogP contribution in [-0.2, 0) is 0 Å². The van der Waals surface area contributed by atoms with Gasteiger partial charge in [0.05, 0.1) is 0 Å². The van der Waals surface area contributed by atoms with Crippen LogP contribution in [0.4, 0.5) is 8.78 Å². The van der Waals surface area contributed by atoms with Gasteiger partial charge in [-0.05, 0) is 0 Å². The Morgan fingerprint density at radius 1 is 0.957 bits per heavy atom. The molecule has 1 unspecified atom stereocenters. The molecular weight excluding hydrogens is 409 g/mol. The monoisotopic (exact) mass is 423 g/mol. The number of alkyl halides is 1. The minimum absolute atomic E-state index is 0.0888. The van der Waals surface area contributed by atoms with Gasteiger partial charge in [-0.2, -0.15) is 0 Å². The summed E-state index contributed by atoms with van der Waals surface area (Å²) in [6, 6.07) is 12.2. The van der Waals surface area contributed by atoms with Crippen LogP contribution >= 0.6 is 0 Å². The van der Waals surface area contributed by atoms with Gasteiger partial charge in [0.15, 0.2) is 0 Å². The van der Waals surface area contributed by atoms with E-state index in [1.165, 1.54) is 36.4 Å². The number of carbonyl (C=O) groups excluding carboxylic acids is 1. The fraction of sp³-hybridized carbons (Fsp3) is 0.105. The standard InChI is InChI=1S/C19H14F2IO/c20-15-6-4-13(5-7-15)19(23)14-2-1-3-18(12-14)22-17-10-8-16(21)9-11-17/h1-2,4-12,18H,3H2/q-1. The van der Waals surface area contributed by atoms with Gasteiger partial charge in [-0.25, -0.2) is 0 Å². The molecule has 4 heteroatoms. The Bertz CT molecular complexity index is 761. The Morgan fingerprint density at radius 2 is 1.57 bits per heavy atom. The van der Waals surface area contributed by atoms with E-state index in [1.807, 2.05) is 30.4 Å². The first-order valence-electron chi connectivity index (χ1n) is 7.19. The van der Waals surface area contributed by atoms with E-state index in [-0.39, 0.29) is 38.6 Å². The van der Waals surface area contributed by atoms with Crippen molar-refractivity contribution in [3.63, 3.8) is 0 Å². The zero-order chi connectivity index (χ0) is 16.2. The van der Waals surface area contributed by atoms with E-state index < -0.39 is 0 Å². The predicted molar refractivity (Wildman–Crippen MR) is 81.5 cm³/mol. The molecule has 0 bridgehead atoms. The van der Waals surface area contributed by atoms with Gasteiger partial charge >= 0.3 is 144 Å². The van der Waals surface area contributed by atoms with Crippen molar-refractivity contribution in [2.75, 3.05) is 0 Å². The Balaban J connectivity index is 1.75.